The molecule has 0 saturated heterocycles. The highest BCUT2D eigenvalue weighted by molar-refractivity contribution is 5.92. The van der Waals surface area contributed by atoms with Gasteiger partial charge in [0.05, 0.1) is 5.56 Å². The van der Waals surface area contributed by atoms with Crippen LogP contribution in [-0.4, -0.2) is 17.4 Å². The van der Waals surface area contributed by atoms with Crippen LogP contribution in [0.25, 0.3) is 0 Å². The summed E-state index contributed by atoms with van der Waals surface area (Å²) >= 11 is 0. The van der Waals surface area contributed by atoms with E-state index in [2.05, 4.69) is 16.4 Å². The maximum atomic E-state index is 11.2. The molecule has 0 aliphatic carbocycles. The smallest absolute Gasteiger partial charge is 0.248 e. The molecule has 3 N–H and O–H groups in total. The number of benzene rings is 1. The summed E-state index contributed by atoms with van der Waals surface area (Å²) < 4.78 is 0. The van der Waals surface area contributed by atoms with E-state index in [0.717, 1.165) is 36.3 Å². The SMILES string of the molecule is CCNc1ncc(C#N)cc1CCc1cccc(C(N)=O)c1. The minimum atomic E-state index is -0.427. The van der Waals surface area contributed by atoms with Crippen LogP contribution in [0.4, 0.5) is 5.82 Å². The van der Waals surface area contributed by atoms with E-state index in [4.69, 9.17) is 11.0 Å². The number of carbonyl (C=O) groups excluding carboxylic acids is 1. The lowest BCUT2D eigenvalue weighted by atomic mass is 10.0. The van der Waals surface area contributed by atoms with Crippen LogP contribution in [-0.2, 0) is 12.8 Å². The number of rotatable bonds is 6. The summed E-state index contributed by atoms with van der Waals surface area (Å²) in [6.07, 6.45) is 3.04. The molecule has 1 heterocycles. The average molecular weight is 294 g/mol. The molecule has 22 heavy (non-hydrogen) atoms. The maximum absolute atomic E-state index is 11.2. The predicted octanol–water partition coefficient (Wildman–Crippen LogP) is 2.27. The lowest BCUT2D eigenvalue weighted by Gasteiger charge is -2.10. The highest BCUT2D eigenvalue weighted by atomic mass is 16.1. The van der Waals surface area contributed by atoms with E-state index in [9.17, 15) is 4.79 Å². The van der Waals surface area contributed by atoms with Crippen molar-refractivity contribution in [2.75, 3.05) is 11.9 Å². The van der Waals surface area contributed by atoms with Crippen molar-refractivity contribution >= 4 is 11.7 Å². The first-order valence-electron chi connectivity index (χ1n) is 7.15. The summed E-state index contributed by atoms with van der Waals surface area (Å²) in [5.41, 5.74) is 8.37. The molecule has 0 saturated carbocycles. The number of nitrogens with one attached hydrogen (secondary N) is 1. The zero-order valence-corrected chi connectivity index (χ0v) is 12.5. The fourth-order valence-electron chi connectivity index (χ4n) is 2.25. The number of amides is 1. The van der Waals surface area contributed by atoms with Crippen molar-refractivity contribution in [1.29, 1.82) is 5.26 Å². The van der Waals surface area contributed by atoms with Crippen molar-refractivity contribution < 1.29 is 4.79 Å². The fraction of sp³-hybridized carbons (Fsp3) is 0.235. The molecular weight excluding hydrogens is 276 g/mol. The minimum Gasteiger partial charge on any atom is -0.370 e. The summed E-state index contributed by atoms with van der Waals surface area (Å²) in [7, 11) is 0. The van der Waals surface area contributed by atoms with Gasteiger partial charge in [-0.2, -0.15) is 5.26 Å². The number of aryl methyl sites for hydroxylation is 2. The minimum absolute atomic E-state index is 0.427. The molecule has 0 radical (unpaired) electrons. The molecule has 0 aliphatic heterocycles. The van der Waals surface area contributed by atoms with Gasteiger partial charge in [-0.05, 0) is 49.1 Å². The van der Waals surface area contributed by atoms with E-state index in [1.165, 1.54) is 0 Å². The number of nitriles is 1. The van der Waals surface area contributed by atoms with Gasteiger partial charge in [-0.15, -0.1) is 0 Å². The quantitative estimate of drug-likeness (QED) is 0.854. The monoisotopic (exact) mass is 294 g/mol. The van der Waals surface area contributed by atoms with Gasteiger partial charge in [-0.1, -0.05) is 12.1 Å². The third kappa shape index (κ3) is 3.83. The van der Waals surface area contributed by atoms with Crippen molar-refractivity contribution in [3.05, 3.63) is 58.8 Å². The number of carbonyl (C=O) groups is 1. The lowest BCUT2D eigenvalue weighted by molar-refractivity contribution is 0.1000. The third-order valence-corrected chi connectivity index (χ3v) is 3.33. The third-order valence-electron chi connectivity index (χ3n) is 3.33. The Morgan fingerprint density at radius 1 is 1.36 bits per heavy atom. The Morgan fingerprint density at radius 2 is 2.18 bits per heavy atom. The molecule has 1 amide bonds. The van der Waals surface area contributed by atoms with Crippen LogP contribution in [0.15, 0.2) is 36.5 Å². The normalized spacial score (nSPS) is 10.0. The van der Waals surface area contributed by atoms with Gasteiger partial charge in [0, 0.05) is 18.3 Å². The first-order chi connectivity index (χ1) is 10.6. The van der Waals surface area contributed by atoms with E-state index < -0.39 is 5.91 Å². The van der Waals surface area contributed by atoms with E-state index in [0.29, 0.717) is 11.1 Å². The van der Waals surface area contributed by atoms with Crippen LogP contribution in [0.2, 0.25) is 0 Å². The van der Waals surface area contributed by atoms with Crippen LogP contribution < -0.4 is 11.1 Å². The number of hydrogen-bond acceptors (Lipinski definition) is 4. The van der Waals surface area contributed by atoms with Crippen LogP contribution in [0, 0.1) is 11.3 Å². The van der Waals surface area contributed by atoms with Crippen molar-refractivity contribution in [1.82, 2.24) is 4.98 Å². The van der Waals surface area contributed by atoms with Crippen LogP contribution in [0.3, 0.4) is 0 Å². The van der Waals surface area contributed by atoms with Gasteiger partial charge in [-0.3, -0.25) is 4.79 Å². The Morgan fingerprint density at radius 3 is 2.86 bits per heavy atom. The number of anilines is 1. The molecule has 0 unspecified atom stereocenters. The van der Waals surface area contributed by atoms with Gasteiger partial charge in [0.25, 0.3) is 0 Å². The number of primary amides is 1. The average Bonchev–Trinajstić information content (AvgIpc) is 2.54. The van der Waals surface area contributed by atoms with Gasteiger partial charge < -0.3 is 11.1 Å². The van der Waals surface area contributed by atoms with E-state index in [1.807, 2.05) is 25.1 Å². The summed E-state index contributed by atoms with van der Waals surface area (Å²) in [5, 5.41) is 12.2. The van der Waals surface area contributed by atoms with E-state index >= 15 is 0 Å². The molecule has 1 aromatic carbocycles. The first kappa shape index (κ1) is 15.5. The highest BCUT2D eigenvalue weighted by Gasteiger charge is 2.07. The number of aromatic nitrogens is 1. The molecule has 112 valence electrons. The van der Waals surface area contributed by atoms with Gasteiger partial charge >= 0.3 is 0 Å². The van der Waals surface area contributed by atoms with E-state index in [-0.39, 0.29) is 0 Å². The molecule has 0 aliphatic rings. The Bertz CT molecular complexity index is 719. The fourth-order valence-corrected chi connectivity index (χ4v) is 2.25. The van der Waals surface area contributed by atoms with Crippen molar-refractivity contribution in [2.24, 2.45) is 5.73 Å². The van der Waals surface area contributed by atoms with Gasteiger partial charge in [0.1, 0.15) is 11.9 Å². The van der Waals surface area contributed by atoms with Gasteiger partial charge in [0.15, 0.2) is 0 Å². The Labute approximate surface area is 129 Å². The summed E-state index contributed by atoms with van der Waals surface area (Å²) in [6, 6.07) is 11.2. The standard InChI is InChI=1S/C17H18N4O/c1-2-20-17-15(9-13(10-18)11-21-17)7-6-12-4-3-5-14(8-12)16(19)22/h3-5,8-9,11H,2,6-7H2,1H3,(H2,19,22)(H,20,21). The van der Waals surface area contributed by atoms with Crippen LogP contribution >= 0.6 is 0 Å². The molecule has 1 aromatic heterocycles. The Hall–Kier alpha value is -2.87. The molecule has 5 heteroatoms. The van der Waals surface area contributed by atoms with Crippen LogP contribution in [0.1, 0.15) is 34.0 Å². The van der Waals surface area contributed by atoms with Gasteiger partial charge in [0.2, 0.25) is 5.91 Å². The number of nitrogens with two attached hydrogens (primary N) is 1. The zero-order valence-electron chi connectivity index (χ0n) is 12.5. The maximum Gasteiger partial charge on any atom is 0.248 e. The number of nitrogens with zero attached hydrogens (tertiary/aromatic N) is 2. The zero-order chi connectivity index (χ0) is 15.9. The summed E-state index contributed by atoms with van der Waals surface area (Å²) in [6.45, 7) is 2.77. The molecule has 0 spiro atoms. The summed E-state index contributed by atoms with van der Waals surface area (Å²) in [5.74, 6) is 0.371. The highest BCUT2D eigenvalue weighted by Crippen LogP contribution is 2.17. The van der Waals surface area contributed by atoms with Crippen molar-refractivity contribution in [2.45, 2.75) is 19.8 Å². The molecule has 0 fully saturated rings. The molecule has 0 atom stereocenters. The second kappa shape index (κ2) is 7.23. The lowest BCUT2D eigenvalue weighted by Crippen LogP contribution is -2.11. The van der Waals surface area contributed by atoms with Crippen molar-refractivity contribution in [3.8, 4) is 6.07 Å². The Kier molecular flexibility index (Phi) is 5.10. The number of hydrogen-bond donors (Lipinski definition) is 2. The summed E-state index contributed by atoms with van der Waals surface area (Å²) in [4.78, 5) is 15.5. The van der Waals surface area contributed by atoms with Gasteiger partial charge in [-0.25, -0.2) is 4.98 Å². The molecule has 5 nitrogen and oxygen atoms in total. The van der Waals surface area contributed by atoms with Crippen LogP contribution in [0.5, 0.6) is 0 Å². The second-order valence-corrected chi connectivity index (χ2v) is 4.94. The van der Waals surface area contributed by atoms with E-state index in [1.54, 1.807) is 18.3 Å². The second-order valence-electron chi connectivity index (χ2n) is 4.94. The largest absolute Gasteiger partial charge is 0.370 e. The predicted molar refractivity (Wildman–Crippen MR) is 85.5 cm³/mol. The first-order valence-corrected chi connectivity index (χ1v) is 7.15. The number of pyridine rings is 1. The topological polar surface area (TPSA) is 91.8 Å². The molecule has 2 rings (SSSR count). The Balaban J connectivity index is 2.18. The molecule has 2 aromatic rings. The molecular formula is C17H18N4O. The molecule has 0 bridgehead atoms. The van der Waals surface area contributed by atoms with Crippen molar-refractivity contribution in [3.63, 3.8) is 0 Å².